The van der Waals surface area contributed by atoms with Crippen molar-refractivity contribution >= 4 is 17.4 Å². The summed E-state index contributed by atoms with van der Waals surface area (Å²) in [6.07, 6.45) is 0. The predicted octanol–water partition coefficient (Wildman–Crippen LogP) is 1.30. The van der Waals surface area contributed by atoms with Crippen LogP contribution in [0.15, 0.2) is 54.6 Å². The summed E-state index contributed by atoms with van der Waals surface area (Å²) >= 11 is 0. The number of ether oxygens (including phenoxy) is 1. The molecule has 0 aliphatic rings. The minimum absolute atomic E-state index is 0.0248. The molecule has 0 saturated heterocycles. The van der Waals surface area contributed by atoms with Crippen LogP contribution in [0, 0.1) is 16.5 Å². The van der Waals surface area contributed by atoms with Gasteiger partial charge in [0, 0.05) is 6.07 Å². The van der Waals surface area contributed by atoms with Gasteiger partial charge in [0.05, 0.1) is 18.2 Å². The summed E-state index contributed by atoms with van der Waals surface area (Å²) in [6.45, 7) is 1.53. The number of para-hydroxylation sites is 1. The van der Waals surface area contributed by atoms with Crippen molar-refractivity contribution < 1.29 is 24.8 Å². The summed E-state index contributed by atoms with van der Waals surface area (Å²) < 4.78 is 4.97. The van der Waals surface area contributed by atoms with Gasteiger partial charge in [-0.05, 0) is 18.6 Å². The van der Waals surface area contributed by atoms with Crippen molar-refractivity contribution in [2.75, 3.05) is 6.61 Å². The van der Waals surface area contributed by atoms with Crippen LogP contribution in [0.5, 0.6) is 0 Å². The summed E-state index contributed by atoms with van der Waals surface area (Å²) in [6, 6.07) is 15.0. The van der Waals surface area contributed by atoms with Crippen LogP contribution in [0.1, 0.15) is 22.8 Å². The zero-order valence-electron chi connectivity index (χ0n) is 13.4. The Hall–Kier alpha value is -3.05. The number of Topliss-reactive ketones (excluding diaryl/α,β-unsaturated/α-hetero) is 1. The van der Waals surface area contributed by atoms with E-state index < -0.39 is 22.4 Å². The van der Waals surface area contributed by atoms with Crippen molar-refractivity contribution in [1.29, 1.82) is 5.26 Å². The van der Waals surface area contributed by atoms with Crippen molar-refractivity contribution in [1.82, 2.24) is 0 Å². The molecule has 2 N–H and O–H groups in total. The summed E-state index contributed by atoms with van der Waals surface area (Å²) in [4.78, 5) is 25.7. The normalized spacial score (nSPS) is 14.0. The molecule has 2 aromatic carbocycles. The molecule has 0 saturated carbocycles. The Labute approximate surface area is 144 Å². The maximum absolute atomic E-state index is 13.2. The van der Waals surface area contributed by atoms with Gasteiger partial charge in [-0.25, -0.2) is 10.0 Å². The number of quaternary nitrogens is 1. The Morgan fingerprint density at radius 3 is 2.36 bits per heavy atom. The molecule has 0 radical (unpaired) electrons. The van der Waals surface area contributed by atoms with Gasteiger partial charge in [0.25, 0.3) is 0 Å². The van der Waals surface area contributed by atoms with Gasteiger partial charge < -0.3 is 9.94 Å². The van der Waals surface area contributed by atoms with Crippen LogP contribution in [0.25, 0.3) is 0 Å². The highest BCUT2D eigenvalue weighted by molar-refractivity contribution is 6.21. The smallest absolute Gasteiger partial charge is 0.339 e. The molecule has 0 fully saturated rings. The van der Waals surface area contributed by atoms with Crippen molar-refractivity contribution in [3.8, 4) is 6.07 Å². The minimum Gasteiger partial charge on any atom is -0.595 e. The van der Waals surface area contributed by atoms with Crippen molar-refractivity contribution in [2.24, 2.45) is 0 Å². The first kappa shape index (κ1) is 18.3. The first-order valence-corrected chi connectivity index (χ1v) is 7.50. The first-order valence-electron chi connectivity index (χ1n) is 7.50. The second-order valence-electron chi connectivity index (χ2n) is 5.13. The number of hydrogen-bond donors (Lipinski definition) is 2. The van der Waals surface area contributed by atoms with Gasteiger partial charge >= 0.3 is 5.97 Å². The number of rotatable bonds is 6. The summed E-state index contributed by atoms with van der Waals surface area (Å²) in [5, 5.41) is 29.2. The maximum atomic E-state index is 13.2. The van der Waals surface area contributed by atoms with E-state index in [0.29, 0.717) is 0 Å². The Kier molecular flexibility index (Phi) is 5.62. The number of ketones is 1. The van der Waals surface area contributed by atoms with E-state index in [-0.39, 0.29) is 23.4 Å². The van der Waals surface area contributed by atoms with E-state index in [1.165, 1.54) is 36.4 Å². The number of carbonyl (C=O) groups excluding carboxylic acids is 2. The third-order valence-corrected chi connectivity index (χ3v) is 3.70. The van der Waals surface area contributed by atoms with Gasteiger partial charge in [-0.2, -0.15) is 10.5 Å². The molecule has 2 unspecified atom stereocenters. The van der Waals surface area contributed by atoms with Crippen LogP contribution >= 0.6 is 0 Å². The number of benzene rings is 2. The zero-order chi connectivity index (χ0) is 18.4. The Balaban J connectivity index is 2.71. The lowest BCUT2D eigenvalue weighted by atomic mass is 9.75. The van der Waals surface area contributed by atoms with E-state index in [2.05, 4.69) is 0 Å². The minimum atomic E-state index is -2.27. The molecule has 2 rings (SSSR count). The van der Waals surface area contributed by atoms with Gasteiger partial charge in [-0.3, -0.25) is 4.79 Å². The molecule has 0 aliphatic carbocycles. The monoisotopic (exact) mass is 340 g/mol. The van der Waals surface area contributed by atoms with E-state index >= 15 is 0 Å². The molecule has 2 atom stereocenters. The molecule has 0 spiro atoms. The molecule has 2 aromatic rings. The van der Waals surface area contributed by atoms with Crippen LogP contribution in [0.4, 0.5) is 5.69 Å². The molecule has 0 amide bonds. The Morgan fingerprint density at radius 1 is 1.20 bits per heavy atom. The lowest BCUT2D eigenvalue weighted by Gasteiger charge is -2.25. The lowest BCUT2D eigenvalue weighted by molar-refractivity contribution is -0.991. The number of nitrogens with zero attached hydrogens (tertiary/aromatic N) is 1. The average molecular weight is 340 g/mol. The second kappa shape index (κ2) is 7.68. The predicted molar refractivity (Wildman–Crippen MR) is 86.9 cm³/mol. The quantitative estimate of drug-likeness (QED) is 0.354. The molecular weight excluding hydrogens is 324 g/mol. The first-order chi connectivity index (χ1) is 12.0. The molecule has 128 valence electrons. The highest BCUT2D eigenvalue weighted by atomic mass is 16.8. The number of carbonyl (C=O) groups is 2. The number of nitrogens with one attached hydrogen (secondary N) is 1. The van der Waals surface area contributed by atoms with E-state index in [1.807, 2.05) is 0 Å². The van der Waals surface area contributed by atoms with Gasteiger partial charge in [-0.15, -0.1) is 0 Å². The summed E-state index contributed by atoms with van der Waals surface area (Å²) in [7, 11) is 0. The fourth-order valence-electron chi connectivity index (χ4n) is 2.50. The Morgan fingerprint density at radius 2 is 1.80 bits per heavy atom. The largest absolute Gasteiger partial charge is 0.595 e. The molecule has 7 heteroatoms. The van der Waals surface area contributed by atoms with Gasteiger partial charge in [0.15, 0.2) is 5.69 Å². The molecule has 0 heterocycles. The van der Waals surface area contributed by atoms with Crippen LogP contribution in [0.3, 0.4) is 0 Å². The highest BCUT2D eigenvalue weighted by Crippen LogP contribution is 2.31. The van der Waals surface area contributed by atoms with Crippen LogP contribution < -0.4 is 5.23 Å². The number of esters is 1. The standard InChI is InChI=1S/C18H16N2O5/c1-2-25-17(22)18(12-19,13-8-4-3-5-9-13)16(21)14-10-6-7-11-15(14)20(23)24/h3-11,20,23H,2H2,1H3. The van der Waals surface area contributed by atoms with Crippen LogP contribution in [-0.4, -0.2) is 23.6 Å². The van der Waals surface area contributed by atoms with Gasteiger partial charge in [0.1, 0.15) is 0 Å². The van der Waals surface area contributed by atoms with E-state index in [9.17, 15) is 25.3 Å². The summed E-state index contributed by atoms with van der Waals surface area (Å²) in [5.41, 5.74) is -2.66. The number of nitriles is 1. The van der Waals surface area contributed by atoms with Crippen LogP contribution in [-0.2, 0) is 14.9 Å². The molecule has 25 heavy (non-hydrogen) atoms. The molecule has 0 bridgehead atoms. The fraction of sp³-hybridized carbons (Fsp3) is 0.167. The van der Waals surface area contributed by atoms with Gasteiger partial charge in [0.2, 0.25) is 11.2 Å². The van der Waals surface area contributed by atoms with E-state index in [0.717, 1.165) is 0 Å². The van der Waals surface area contributed by atoms with E-state index in [4.69, 9.17) is 4.74 Å². The fourth-order valence-corrected chi connectivity index (χ4v) is 2.50. The highest BCUT2D eigenvalue weighted by Gasteiger charge is 2.51. The molecule has 7 nitrogen and oxygen atoms in total. The van der Waals surface area contributed by atoms with Gasteiger partial charge in [-0.1, -0.05) is 42.5 Å². The third-order valence-electron chi connectivity index (χ3n) is 3.70. The summed E-state index contributed by atoms with van der Waals surface area (Å²) in [5.74, 6) is -1.97. The maximum Gasteiger partial charge on any atom is 0.339 e. The topological polar surface area (TPSA) is 115 Å². The second-order valence-corrected chi connectivity index (χ2v) is 5.13. The molecule has 0 aromatic heterocycles. The van der Waals surface area contributed by atoms with Crippen molar-refractivity contribution in [3.05, 3.63) is 70.9 Å². The van der Waals surface area contributed by atoms with Crippen molar-refractivity contribution in [3.63, 3.8) is 0 Å². The lowest BCUT2D eigenvalue weighted by Crippen LogP contribution is -2.99. The average Bonchev–Trinajstić information content (AvgIpc) is 2.63. The zero-order valence-corrected chi connectivity index (χ0v) is 13.4. The van der Waals surface area contributed by atoms with Crippen LogP contribution in [0.2, 0.25) is 0 Å². The number of hydrogen-bond acceptors (Lipinski definition) is 6. The van der Waals surface area contributed by atoms with Crippen molar-refractivity contribution in [2.45, 2.75) is 12.3 Å². The Bertz CT molecular complexity index is 814. The molecular formula is C18H16N2O5. The third kappa shape index (κ3) is 3.27. The molecule has 0 aliphatic heterocycles. The SMILES string of the molecule is CCOC(=O)C(C#N)(C(=O)c1ccccc1[NH+]([O-])O)c1ccccc1. The van der Waals surface area contributed by atoms with E-state index in [1.54, 1.807) is 31.2 Å².